The Balaban J connectivity index is 2.31. The van der Waals surface area contributed by atoms with Crippen molar-refractivity contribution < 1.29 is 9.18 Å². The van der Waals surface area contributed by atoms with Gasteiger partial charge in [0.05, 0.1) is 11.4 Å². The largest absolute Gasteiger partial charge is 0.389 e. The monoisotopic (exact) mass is 310 g/mol. The van der Waals surface area contributed by atoms with Gasteiger partial charge in [-0.15, -0.1) is 5.10 Å². The Morgan fingerprint density at radius 2 is 2.30 bits per heavy atom. The van der Waals surface area contributed by atoms with Crippen molar-refractivity contribution in [3.8, 4) is 0 Å². The highest BCUT2D eigenvalue weighted by Crippen LogP contribution is 2.20. The molecule has 5 nitrogen and oxygen atoms in total. The Morgan fingerprint density at radius 3 is 2.95 bits per heavy atom. The predicted octanol–water partition coefficient (Wildman–Crippen LogP) is 2.13. The lowest BCUT2D eigenvalue weighted by Crippen LogP contribution is -2.18. The predicted molar refractivity (Wildman–Crippen MR) is 79.5 cm³/mol. The van der Waals surface area contributed by atoms with E-state index in [1.165, 1.54) is 18.2 Å². The molecule has 1 amide bonds. The summed E-state index contributed by atoms with van der Waals surface area (Å²) in [6, 6.07) is 3.83. The van der Waals surface area contributed by atoms with E-state index in [0.29, 0.717) is 22.7 Å². The molecule has 8 heteroatoms. The highest BCUT2D eigenvalue weighted by Gasteiger charge is 2.17. The first kappa shape index (κ1) is 14.5. The van der Waals surface area contributed by atoms with Crippen LogP contribution in [0.5, 0.6) is 0 Å². The molecule has 0 saturated heterocycles. The van der Waals surface area contributed by atoms with E-state index in [0.717, 1.165) is 11.5 Å². The minimum atomic E-state index is -0.473. The van der Waals surface area contributed by atoms with Crippen LogP contribution < -0.4 is 11.1 Å². The number of nitrogens with one attached hydrogen (secondary N) is 1. The van der Waals surface area contributed by atoms with E-state index in [1.54, 1.807) is 0 Å². The van der Waals surface area contributed by atoms with Crippen LogP contribution in [0.3, 0.4) is 0 Å². The molecule has 20 heavy (non-hydrogen) atoms. The first-order chi connectivity index (χ1) is 9.52. The van der Waals surface area contributed by atoms with Gasteiger partial charge in [0.15, 0.2) is 0 Å². The van der Waals surface area contributed by atoms with Crippen LogP contribution in [0.1, 0.15) is 27.9 Å². The first-order valence-corrected chi connectivity index (χ1v) is 6.93. The third-order valence-electron chi connectivity index (χ3n) is 2.59. The molecular weight excluding hydrogens is 299 g/mol. The van der Waals surface area contributed by atoms with Crippen LogP contribution in [0.2, 0.25) is 0 Å². The van der Waals surface area contributed by atoms with Gasteiger partial charge in [0.1, 0.15) is 15.7 Å². The number of nitrogens with two attached hydrogens (primary N) is 1. The molecule has 0 atom stereocenters. The van der Waals surface area contributed by atoms with Crippen LogP contribution in [0.4, 0.5) is 10.1 Å². The quantitative estimate of drug-likeness (QED) is 0.846. The summed E-state index contributed by atoms with van der Waals surface area (Å²) in [5.41, 5.74) is 6.78. The Morgan fingerprint density at radius 1 is 1.55 bits per heavy atom. The first-order valence-electron chi connectivity index (χ1n) is 5.74. The van der Waals surface area contributed by atoms with Crippen molar-refractivity contribution >= 4 is 40.3 Å². The Hall–Kier alpha value is -1.93. The summed E-state index contributed by atoms with van der Waals surface area (Å²) < 4.78 is 16.9. The summed E-state index contributed by atoms with van der Waals surface area (Å²) in [5.74, 6) is -0.833. The smallest absolute Gasteiger partial charge is 0.269 e. The van der Waals surface area contributed by atoms with E-state index in [9.17, 15) is 9.18 Å². The Kier molecular flexibility index (Phi) is 4.35. The van der Waals surface area contributed by atoms with Gasteiger partial charge in [-0.3, -0.25) is 4.79 Å². The number of benzene rings is 1. The number of amides is 1. The summed E-state index contributed by atoms with van der Waals surface area (Å²) in [6.07, 6.45) is 0.602. The molecule has 0 spiro atoms. The molecule has 0 radical (unpaired) electrons. The minimum absolute atomic E-state index is 0.0120. The van der Waals surface area contributed by atoms with Crippen LogP contribution in [0.15, 0.2) is 18.2 Å². The van der Waals surface area contributed by atoms with Gasteiger partial charge in [0, 0.05) is 5.56 Å². The van der Waals surface area contributed by atoms with Crippen LogP contribution in [-0.2, 0) is 6.42 Å². The number of carbonyl (C=O) groups excluding carboxylic acids is 1. The Labute approximate surface area is 124 Å². The third-order valence-corrected chi connectivity index (χ3v) is 3.58. The standard InChI is InChI=1S/C12H11FN4OS2/c1-2-8-10(20-17-16-8)12(18)15-9-4-3-6(13)5-7(9)11(14)19/h3-5H,2H2,1H3,(H2,14,19)(H,15,18). The Bertz CT molecular complexity index is 671. The number of nitrogens with zero attached hydrogens (tertiary/aromatic N) is 2. The van der Waals surface area contributed by atoms with Crippen molar-refractivity contribution in [3.05, 3.63) is 40.2 Å². The van der Waals surface area contributed by atoms with Crippen LogP contribution in [-0.4, -0.2) is 20.5 Å². The zero-order valence-electron chi connectivity index (χ0n) is 10.5. The summed E-state index contributed by atoms with van der Waals surface area (Å²) in [4.78, 5) is 12.6. The van der Waals surface area contributed by atoms with E-state index in [1.807, 2.05) is 6.92 Å². The van der Waals surface area contributed by atoms with Crippen molar-refractivity contribution in [2.75, 3.05) is 5.32 Å². The van der Waals surface area contributed by atoms with Gasteiger partial charge < -0.3 is 11.1 Å². The van der Waals surface area contributed by atoms with E-state index in [2.05, 4.69) is 14.9 Å². The zero-order valence-corrected chi connectivity index (χ0v) is 12.1. The number of aromatic nitrogens is 2. The highest BCUT2D eigenvalue weighted by atomic mass is 32.1. The zero-order chi connectivity index (χ0) is 14.7. The van der Waals surface area contributed by atoms with Gasteiger partial charge >= 0.3 is 0 Å². The molecule has 2 rings (SSSR count). The molecule has 1 aromatic heterocycles. The number of hydrogen-bond donors (Lipinski definition) is 2. The molecule has 0 unspecified atom stereocenters. The summed E-state index contributed by atoms with van der Waals surface area (Å²) in [5, 5.41) is 6.52. The van der Waals surface area contributed by atoms with Gasteiger partial charge in [-0.25, -0.2) is 4.39 Å². The fourth-order valence-electron chi connectivity index (χ4n) is 1.62. The summed E-state index contributed by atoms with van der Waals surface area (Å²) in [6.45, 7) is 1.88. The van der Waals surface area contributed by atoms with Crippen molar-refractivity contribution in [3.63, 3.8) is 0 Å². The van der Waals surface area contributed by atoms with Crippen LogP contribution in [0, 0.1) is 5.82 Å². The maximum Gasteiger partial charge on any atom is 0.269 e. The lowest BCUT2D eigenvalue weighted by Gasteiger charge is -2.09. The maximum absolute atomic E-state index is 13.2. The van der Waals surface area contributed by atoms with Gasteiger partial charge in [-0.05, 0) is 36.2 Å². The van der Waals surface area contributed by atoms with Gasteiger partial charge in [0.2, 0.25) is 0 Å². The second kappa shape index (κ2) is 6.02. The van der Waals surface area contributed by atoms with Gasteiger partial charge in [0.25, 0.3) is 5.91 Å². The average molecular weight is 310 g/mol. The molecule has 104 valence electrons. The molecular formula is C12H11FN4OS2. The van der Waals surface area contributed by atoms with Gasteiger partial charge in [-0.2, -0.15) is 0 Å². The second-order valence-electron chi connectivity index (χ2n) is 3.91. The normalized spacial score (nSPS) is 10.3. The molecule has 1 aromatic carbocycles. The molecule has 0 fully saturated rings. The summed E-state index contributed by atoms with van der Waals surface area (Å²) >= 11 is 5.86. The SMILES string of the molecule is CCc1nnsc1C(=O)Nc1ccc(F)cc1C(N)=S. The molecule has 0 bridgehead atoms. The molecule has 0 saturated carbocycles. The number of carbonyl (C=O) groups is 1. The van der Waals surface area contributed by atoms with E-state index >= 15 is 0 Å². The fourth-order valence-corrected chi connectivity index (χ4v) is 2.44. The van der Waals surface area contributed by atoms with Crippen LogP contribution in [0.25, 0.3) is 0 Å². The summed E-state index contributed by atoms with van der Waals surface area (Å²) in [7, 11) is 0. The lowest BCUT2D eigenvalue weighted by molar-refractivity contribution is 0.102. The molecule has 3 N–H and O–H groups in total. The number of rotatable bonds is 4. The van der Waals surface area contributed by atoms with E-state index in [4.69, 9.17) is 18.0 Å². The topological polar surface area (TPSA) is 80.9 Å². The molecule has 0 aliphatic rings. The van der Waals surface area contributed by atoms with E-state index in [-0.39, 0.29) is 16.5 Å². The van der Waals surface area contributed by atoms with E-state index < -0.39 is 5.82 Å². The minimum Gasteiger partial charge on any atom is -0.389 e. The molecule has 0 aliphatic carbocycles. The average Bonchev–Trinajstić information content (AvgIpc) is 2.89. The third kappa shape index (κ3) is 2.97. The molecule has 2 aromatic rings. The molecule has 1 heterocycles. The fraction of sp³-hybridized carbons (Fsp3) is 0.167. The number of thiocarbonyl (C=S) groups is 1. The van der Waals surface area contributed by atoms with Gasteiger partial charge in [-0.1, -0.05) is 23.6 Å². The van der Waals surface area contributed by atoms with Crippen molar-refractivity contribution in [1.29, 1.82) is 0 Å². The maximum atomic E-state index is 13.2. The van der Waals surface area contributed by atoms with Crippen molar-refractivity contribution in [1.82, 2.24) is 9.59 Å². The lowest BCUT2D eigenvalue weighted by atomic mass is 10.1. The number of anilines is 1. The van der Waals surface area contributed by atoms with Crippen LogP contribution >= 0.6 is 23.8 Å². The van der Waals surface area contributed by atoms with Crippen molar-refractivity contribution in [2.45, 2.75) is 13.3 Å². The highest BCUT2D eigenvalue weighted by molar-refractivity contribution is 7.80. The second-order valence-corrected chi connectivity index (χ2v) is 5.10. The number of halogens is 1. The number of hydrogen-bond acceptors (Lipinski definition) is 5. The van der Waals surface area contributed by atoms with Crippen molar-refractivity contribution in [2.24, 2.45) is 5.73 Å². The number of aryl methyl sites for hydroxylation is 1. The molecule has 0 aliphatic heterocycles.